The number of fused-ring (bicyclic) bond motifs is 2. The van der Waals surface area contributed by atoms with Gasteiger partial charge in [0.2, 0.25) is 0 Å². The average molecular weight is 309 g/mol. The number of ether oxygens (including phenoxy) is 1. The summed E-state index contributed by atoms with van der Waals surface area (Å²) in [6.45, 7) is 0.260. The smallest absolute Gasteiger partial charge is 0.348 e. The second-order valence-corrected chi connectivity index (χ2v) is 6.62. The molecule has 4 heteroatoms. The molecule has 0 unspecified atom stereocenters. The lowest BCUT2D eigenvalue weighted by atomic mass is 10.1. The first kappa shape index (κ1) is 13.5. The molecule has 0 saturated carbocycles. The lowest BCUT2D eigenvalue weighted by molar-refractivity contribution is 0.0480. The van der Waals surface area contributed by atoms with Gasteiger partial charge in [0.25, 0.3) is 0 Å². The van der Waals surface area contributed by atoms with Crippen molar-refractivity contribution in [3.05, 3.63) is 63.5 Å². The molecule has 22 heavy (non-hydrogen) atoms. The van der Waals surface area contributed by atoms with Gasteiger partial charge in [0.1, 0.15) is 11.5 Å². The minimum Gasteiger partial charge on any atom is -0.457 e. The maximum atomic E-state index is 12.2. The van der Waals surface area contributed by atoms with Crippen LogP contribution in [0.2, 0.25) is 0 Å². The van der Waals surface area contributed by atoms with Gasteiger partial charge < -0.3 is 4.74 Å². The highest BCUT2D eigenvalue weighted by Gasteiger charge is 2.19. The van der Waals surface area contributed by atoms with Crippen molar-refractivity contribution in [1.29, 1.82) is 0 Å². The number of aryl methyl sites for hydroxylation is 2. The Kier molecular flexibility index (Phi) is 3.39. The van der Waals surface area contributed by atoms with E-state index in [4.69, 9.17) is 4.74 Å². The fourth-order valence-electron chi connectivity index (χ4n) is 2.93. The van der Waals surface area contributed by atoms with Crippen LogP contribution in [0.3, 0.4) is 0 Å². The number of benzene rings is 1. The Morgan fingerprint density at radius 2 is 2.14 bits per heavy atom. The first-order chi connectivity index (χ1) is 10.8. The molecular weight excluding hydrogens is 294 g/mol. The molecule has 3 aromatic rings. The number of nitrogens with zero attached hydrogens (tertiary/aromatic N) is 1. The number of thiophene rings is 1. The minimum atomic E-state index is -0.229. The average Bonchev–Trinajstić information content (AvgIpc) is 3.14. The quantitative estimate of drug-likeness (QED) is 0.683. The molecule has 0 radical (unpaired) electrons. The SMILES string of the molecule is O=C(OCc1cccc2cccnc12)c1cc2c(s1)CCC2. The lowest BCUT2D eigenvalue weighted by Crippen LogP contribution is -2.04. The fourth-order valence-corrected chi connectivity index (χ4v) is 4.08. The van der Waals surface area contributed by atoms with Crippen molar-refractivity contribution in [3.8, 4) is 0 Å². The van der Waals surface area contributed by atoms with Crippen molar-refractivity contribution >= 4 is 28.2 Å². The van der Waals surface area contributed by atoms with Gasteiger partial charge in [-0.2, -0.15) is 0 Å². The summed E-state index contributed by atoms with van der Waals surface area (Å²) in [5.41, 5.74) is 3.16. The van der Waals surface area contributed by atoms with E-state index < -0.39 is 0 Å². The maximum absolute atomic E-state index is 12.2. The van der Waals surface area contributed by atoms with Crippen LogP contribution in [0.1, 0.15) is 32.1 Å². The molecule has 0 aliphatic heterocycles. The molecule has 4 rings (SSSR count). The molecular formula is C18H15NO2S. The second kappa shape index (κ2) is 5.54. The van der Waals surface area contributed by atoms with Crippen molar-refractivity contribution < 1.29 is 9.53 Å². The number of hydrogen-bond acceptors (Lipinski definition) is 4. The van der Waals surface area contributed by atoms with E-state index in [1.165, 1.54) is 16.9 Å². The molecule has 1 aliphatic rings. The summed E-state index contributed by atoms with van der Waals surface area (Å²) < 4.78 is 5.49. The number of carbonyl (C=O) groups excluding carboxylic acids is 1. The Morgan fingerprint density at radius 3 is 3.05 bits per heavy atom. The van der Waals surface area contributed by atoms with E-state index in [2.05, 4.69) is 4.98 Å². The second-order valence-electron chi connectivity index (χ2n) is 5.48. The Balaban J connectivity index is 1.52. The standard InChI is InChI=1S/C18H15NO2S/c20-18(16-10-13-5-2-8-15(13)22-16)21-11-14-6-1-4-12-7-3-9-19-17(12)14/h1,3-4,6-7,9-10H,2,5,8,11H2. The number of esters is 1. The van der Waals surface area contributed by atoms with Crippen molar-refractivity contribution in [1.82, 2.24) is 4.98 Å². The van der Waals surface area contributed by atoms with E-state index in [0.29, 0.717) is 0 Å². The van der Waals surface area contributed by atoms with E-state index in [0.717, 1.165) is 34.2 Å². The first-order valence-electron chi connectivity index (χ1n) is 7.42. The van der Waals surface area contributed by atoms with Gasteiger partial charge >= 0.3 is 5.97 Å². The monoisotopic (exact) mass is 309 g/mol. The van der Waals surface area contributed by atoms with Crippen LogP contribution in [-0.4, -0.2) is 11.0 Å². The number of para-hydroxylation sites is 1. The van der Waals surface area contributed by atoms with Gasteiger partial charge in [0.15, 0.2) is 0 Å². The van der Waals surface area contributed by atoms with Crippen LogP contribution in [0.4, 0.5) is 0 Å². The molecule has 2 aromatic heterocycles. The van der Waals surface area contributed by atoms with Crippen LogP contribution in [-0.2, 0) is 24.2 Å². The topological polar surface area (TPSA) is 39.2 Å². The van der Waals surface area contributed by atoms with Gasteiger partial charge in [-0.1, -0.05) is 24.3 Å². The lowest BCUT2D eigenvalue weighted by Gasteiger charge is -2.06. The van der Waals surface area contributed by atoms with Crippen molar-refractivity contribution in [2.75, 3.05) is 0 Å². The highest BCUT2D eigenvalue weighted by Crippen LogP contribution is 2.31. The van der Waals surface area contributed by atoms with Crippen LogP contribution in [0, 0.1) is 0 Å². The van der Waals surface area contributed by atoms with E-state index in [1.807, 2.05) is 36.4 Å². The van der Waals surface area contributed by atoms with Crippen LogP contribution >= 0.6 is 11.3 Å². The van der Waals surface area contributed by atoms with Crippen LogP contribution < -0.4 is 0 Å². The van der Waals surface area contributed by atoms with Gasteiger partial charge in [0.05, 0.1) is 5.52 Å². The van der Waals surface area contributed by atoms with Gasteiger partial charge in [0, 0.05) is 22.0 Å². The molecule has 0 atom stereocenters. The Morgan fingerprint density at radius 1 is 1.23 bits per heavy atom. The predicted molar refractivity (Wildman–Crippen MR) is 87.2 cm³/mol. The molecule has 1 aromatic carbocycles. The van der Waals surface area contributed by atoms with Gasteiger partial charge in [-0.3, -0.25) is 4.98 Å². The largest absolute Gasteiger partial charge is 0.457 e. The third kappa shape index (κ3) is 2.40. The van der Waals surface area contributed by atoms with Crippen LogP contribution in [0.25, 0.3) is 10.9 Å². The Labute approximate surface area is 132 Å². The summed E-state index contributed by atoms with van der Waals surface area (Å²) in [5.74, 6) is -0.229. The van der Waals surface area contributed by atoms with Gasteiger partial charge in [-0.15, -0.1) is 11.3 Å². The summed E-state index contributed by atoms with van der Waals surface area (Å²) in [7, 11) is 0. The zero-order valence-electron chi connectivity index (χ0n) is 12.0. The summed E-state index contributed by atoms with van der Waals surface area (Å²) in [6, 6.07) is 11.8. The summed E-state index contributed by atoms with van der Waals surface area (Å²) in [4.78, 5) is 18.7. The predicted octanol–water partition coefficient (Wildman–Crippen LogP) is 4.14. The molecule has 0 fully saturated rings. The molecule has 0 amide bonds. The zero-order valence-corrected chi connectivity index (χ0v) is 12.9. The molecule has 0 saturated heterocycles. The molecule has 0 spiro atoms. The molecule has 2 heterocycles. The number of carbonyl (C=O) groups is 1. The van der Waals surface area contributed by atoms with E-state index in [-0.39, 0.29) is 12.6 Å². The molecule has 0 N–H and O–H groups in total. The van der Waals surface area contributed by atoms with Gasteiger partial charge in [-0.05, 0) is 37.0 Å². The number of pyridine rings is 1. The van der Waals surface area contributed by atoms with Crippen molar-refractivity contribution in [3.63, 3.8) is 0 Å². The molecule has 0 bridgehead atoms. The third-order valence-electron chi connectivity index (χ3n) is 4.02. The van der Waals surface area contributed by atoms with E-state index >= 15 is 0 Å². The Bertz CT molecular complexity index is 826. The number of rotatable bonds is 3. The van der Waals surface area contributed by atoms with E-state index in [9.17, 15) is 4.79 Å². The van der Waals surface area contributed by atoms with Crippen molar-refractivity contribution in [2.45, 2.75) is 25.9 Å². The summed E-state index contributed by atoms with van der Waals surface area (Å²) in [6.07, 6.45) is 5.16. The zero-order chi connectivity index (χ0) is 14.9. The first-order valence-corrected chi connectivity index (χ1v) is 8.24. The van der Waals surface area contributed by atoms with Crippen LogP contribution in [0.15, 0.2) is 42.6 Å². The molecule has 1 aliphatic carbocycles. The number of aromatic nitrogens is 1. The summed E-state index contributed by atoms with van der Waals surface area (Å²) >= 11 is 1.58. The number of hydrogen-bond donors (Lipinski definition) is 0. The molecule has 3 nitrogen and oxygen atoms in total. The highest BCUT2D eigenvalue weighted by molar-refractivity contribution is 7.14. The summed E-state index contributed by atoms with van der Waals surface area (Å²) in [5, 5.41) is 1.06. The van der Waals surface area contributed by atoms with Crippen LogP contribution in [0.5, 0.6) is 0 Å². The van der Waals surface area contributed by atoms with Gasteiger partial charge in [-0.25, -0.2) is 4.79 Å². The minimum absolute atomic E-state index is 0.229. The molecule has 110 valence electrons. The third-order valence-corrected chi connectivity index (χ3v) is 5.24. The van der Waals surface area contributed by atoms with E-state index in [1.54, 1.807) is 17.5 Å². The van der Waals surface area contributed by atoms with Crippen molar-refractivity contribution in [2.24, 2.45) is 0 Å². The fraction of sp³-hybridized carbons (Fsp3) is 0.222. The highest BCUT2D eigenvalue weighted by atomic mass is 32.1. The Hall–Kier alpha value is -2.20. The maximum Gasteiger partial charge on any atom is 0.348 e. The normalized spacial score (nSPS) is 13.3.